The molecule has 0 bridgehead atoms. The summed E-state index contributed by atoms with van der Waals surface area (Å²) >= 11 is 3.25. The van der Waals surface area contributed by atoms with E-state index in [1.165, 1.54) is 19.1 Å². The molecule has 7 heteroatoms. The lowest BCUT2D eigenvalue weighted by Gasteiger charge is -2.14. The third-order valence-corrected chi connectivity index (χ3v) is 3.27. The van der Waals surface area contributed by atoms with E-state index >= 15 is 0 Å². The van der Waals surface area contributed by atoms with E-state index in [0.717, 1.165) is 12.1 Å². The Morgan fingerprint density at radius 2 is 2.10 bits per heavy atom. The molecule has 0 aliphatic rings. The number of para-hydroxylation sites is 1. The second-order valence-corrected chi connectivity index (χ2v) is 5.22. The van der Waals surface area contributed by atoms with Gasteiger partial charge in [-0.1, -0.05) is 22.0 Å². The van der Waals surface area contributed by atoms with Crippen LogP contribution >= 0.6 is 15.9 Å². The van der Waals surface area contributed by atoms with Crippen molar-refractivity contribution in [3.05, 3.63) is 62.4 Å². The Morgan fingerprint density at radius 3 is 2.71 bits per heavy atom. The van der Waals surface area contributed by atoms with Crippen LogP contribution in [0.5, 0.6) is 11.5 Å². The molecule has 0 spiro atoms. The summed E-state index contributed by atoms with van der Waals surface area (Å²) in [4.78, 5) is 10.2. The van der Waals surface area contributed by atoms with Crippen LogP contribution in [0.1, 0.15) is 18.6 Å². The zero-order valence-corrected chi connectivity index (χ0v) is 12.5. The van der Waals surface area contributed by atoms with E-state index in [9.17, 15) is 19.6 Å². The predicted octanol–water partition coefficient (Wildman–Crippen LogP) is 4.34. The van der Waals surface area contributed by atoms with Gasteiger partial charge in [0.15, 0.2) is 5.82 Å². The van der Waals surface area contributed by atoms with Crippen LogP contribution < -0.4 is 4.74 Å². The van der Waals surface area contributed by atoms with Gasteiger partial charge in [0.25, 0.3) is 0 Å². The number of aliphatic hydroxyl groups is 1. The molecule has 0 aliphatic carbocycles. The van der Waals surface area contributed by atoms with E-state index in [0.29, 0.717) is 10.0 Å². The monoisotopic (exact) mass is 355 g/mol. The highest BCUT2D eigenvalue weighted by Gasteiger charge is 2.22. The quantitative estimate of drug-likeness (QED) is 0.653. The third-order valence-electron chi connectivity index (χ3n) is 2.78. The minimum Gasteiger partial charge on any atom is -0.447 e. The van der Waals surface area contributed by atoms with Gasteiger partial charge in [0.2, 0.25) is 5.75 Å². The molecule has 0 radical (unpaired) electrons. The fourth-order valence-electron chi connectivity index (χ4n) is 1.79. The molecular formula is C14H11BrFNO4. The van der Waals surface area contributed by atoms with Crippen molar-refractivity contribution in [1.82, 2.24) is 0 Å². The van der Waals surface area contributed by atoms with Crippen LogP contribution in [0.3, 0.4) is 0 Å². The van der Waals surface area contributed by atoms with Crippen molar-refractivity contribution in [2.24, 2.45) is 0 Å². The molecule has 1 N–H and O–H groups in total. The van der Waals surface area contributed by atoms with Gasteiger partial charge in [0, 0.05) is 16.1 Å². The van der Waals surface area contributed by atoms with E-state index in [1.54, 1.807) is 12.1 Å². The summed E-state index contributed by atoms with van der Waals surface area (Å²) in [5, 5.41) is 20.7. The normalized spacial score (nSPS) is 12.0. The lowest BCUT2D eigenvalue weighted by Crippen LogP contribution is -2.00. The second kappa shape index (κ2) is 6.19. The first-order chi connectivity index (χ1) is 9.90. The van der Waals surface area contributed by atoms with Crippen LogP contribution in [0, 0.1) is 15.9 Å². The van der Waals surface area contributed by atoms with Crippen LogP contribution in [0.15, 0.2) is 40.9 Å². The van der Waals surface area contributed by atoms with E-state index in [4.69, 9.17) is 4.74 Å². The van der Waals surface area contributed by atoms with Gasteiger partial charge in [0.1, 0.15) is 5.75 Å². The standard InChI is InChI=1S/C14H11BrFNO4/c1-8(18)10-7-9(15)5-6-13(10)21-14-11(16)3-2-4-12(14)17(19)20/h2-8,18H,1H3. The number of rotatable bonds is 4. The molecule has 2 aromatic rings. The minimum absolute atomic E-state index is 0.154. The average Bonchev–Trinajstić information content (AvgIpc) is 2.42. The van der Waals surface area contributed by atoms with Crippen LogP contribution in [0.2, 0.25) is 0 Å². The van der Waals surface area contributed by atoms with Gasteiger partial charge in [-0.15, -0.1) is 0 Å². The van der Waals surface area contributed by atoms with Gasteiger partial charge in [0.05, 0.1) is 11.0 Å². The molecule has 2 rings (SSSR count). The Hall–Kier alpha value is -1.99. The molecule has 1 atom stereocenters. The van der Waals surface area contributed by atoms with Crippen molar-refractivity contribution >= 4 is 21.6 Å². The molecule has 5 nitrogen and oxygen atoms in total. The Bertz CT molecular complexity index is 691. The summed E-state index contributed by atoms with van der Waals surface area (Å²) < 4.78 is 19.9. The van der Waals surface area contributed by atoms with Gasteiger partial charge in [-0.2, -0.15) is 0 Å². The maximum Gasteiger partial charge on any atom is 0.314 e. The van der Waals surface area contributed by atoms with Crippen molar-refractivity contribution in [2.75, 3.05) is 0 Å². The fourth-order valence-corrected chi connectivity index (χ4v) is 2.17. The average molecular weight is 356 g/mol. The van der Waals surface area contributed by atoms with E-state index in [-0.39, 0.29) is 5.75 Å². The number of hydrogen-bond acceptors (Lipinski definition) is 4. The van der Waals surface area contributed by atoms with Crippen molar-refractivity contribution in [3.8, 4) is 11.5 Å². The molecule has 0 aromatic heterocycles. The Kier molecular flexibility index (Phi) is 4.54. The van der Waals surface area contributed by atoms with Crippen LogP contribution in [-0.4, -0.2) is 10.0 Å². The van der Waals surface area contributed by atoms with Gasteiger partial charge in [-0.05, 0) is 31.2 Å². The Labute approximate surface area is 128 Å². The molecule has 110 valence electrons. The van der Waals surface area contributed by atoms with Gasteiger partial charge < -0.3 is 9.84 Å². The summed E-state index contributed by atoms with van der Waals surface area (Å²) in [5.74, 6) is -1.17. The molecular weight excluding hydrogens is 345 g/mol. The number of nitro benzene ring substituents is 1. The molecule has 2 aromatic carbocycles. The summed E-state index contributed by atoms with van der Waals surface area (Å²) in [6.45, 7) is 1.52. The first kappa shape index (κ1) is 15.4. The first-order valence-electron chi connectivity index (χ1n) is 5.98. The number of halogens is 2. The number of benzene rings is 2. The van der Waals surface area contributed by atoms with Gasteiger partial charge in [-0.25, -0.2) is 4.39 Å². The molecule has 21 heavy (non-hydrogen) atoms. The zero-order chi connectivity index (χ0) is 15.6. The number of hydrogen-bond donors (Lipinski definition) is 1. The highest BCUT2D eigenvalue weighted by molar-refractivity contribution is 9.10. The number of aliphatic hydroxyl groups excluding tert-OH is 1. The highest BCUT2D eigenvalue weighted by Crippen LogP contribution is 2.37. The lowest BCUT2D eigenvalue weighted by molar-refractivity contribution is -0.385. The summed E-state index contributed by atoms with van der Waals surface area (Å²) in [6, 6.07) is 8.20. The summed E-state index contributed by atoms with van der Waals surface area (Å²) in [7, 11) is 0. The lowest BCUT2D eigenvalue weighted by atomic mass is 10.1. The predicted molar refractivity (Wildman–Crippen MR) is 77.9 cm³/mol. The number of ether oxygens (including phenoxy) is 1. The maximum absolute atomic E-state index is 13.8. The smallest absolute Gasteiger partial charge is 0.314 e. The zero-order valence-electron chi connectivity index (χ0n) is 10.9. The third kappa shape index (κ3) is 3.37. The van der Waals surface area contributed by atoms with Crippen molar-refractivity contribution in [1.29, 1.82) is 0 Å². The maximum atomic E-state index is 13.8. The van der Waals surface area contributed by atoms with Crippen LogP contribution in [-0.2, 0) is 0 Å². The van der Waals surface area contributed by atoms with E-state index in [1.807, 2.05) is 0 Å². The van der Waals surface area contributed by atoms with Gasteiger partial charge in [-0.3, -0.25) is 10.1 Å². The minimum atomic E-state index is -0.872. The van der Waals surface area contributed by atoms with Crippen molar-refractivity contribution in [2.45, 2.75) is 13.0 Å². The molecule has 0 saturated heterocycles. The van der Waals surface area contributed by atoms with E-state index in [2.05, 4.69) is 15.9 Å². The van der Waals surface area contributed by atoms with Crippen molar-refractivity contribution < 1.29 is 19.2 Å². The summed E-state index contributed by atoms with van der Waals surface area (Å²) in [6.07, 6.45) is -0.872. The van der Waals surface area contributed by atoms with Crippen LogP contribution in [0.4, 0.5) is 10.1 Å². The fraction of sp³-hybridized carbons (Fsp3) is 0.143. The molecule has 0 amide bonds. The molecule has 0 saturated carbocycles. The van der Waals surface area contributed by atoms with E-state index < -0.39 is 28.3 Å². The first-order valence-corrected chi connectivity index (χ1v) is 6.77. The largest absolute Gasteiger partial charge is 0.447 e. The Balaban J connectivity index is 2.51. The number of nitro groups is 1. The van der Waals surface area contributed by atoms with Gasteiger partial charge >= 0.3 is 5.69 Å². The SMILES string of the molecule is CC(O)c1cc(Br)ccc1Oc1c(F)cccc1[N+](=O)[O-]. The van der Waals surface area contributed by atoms with Crippen molar-refractivity contribution in [3.63, 3.8) is 0 Å². The topological polar surface area (TPSA) is 72.6 Å². The molecule has 0 aliphatic heterocycles. The molecule has 0 fully saturated rings. The highest BCUT2D eigenvalue weighted by atomic mass is 79.9. The molecule has 1 unspecified atom stereocenters. The van der Waals surface area contributed by atoms with Crippen LogP contribution in [0.25, 0.3) is 0 Å². The molecule has 0 heterocycles. The number of nitrogens with zero attached hydrogens (tertiary/aromatic N) is 1. The second-order valence-electron chi connectivity index (χ2n) is 4.31. The summed E-state index contributed by atoms with van der Waals surface area (Å²) in [5.41, 5.74) is -0.0867. The Morgan fingerprint density at radius 1 is 1.38 bits per heavy atom.